The van der Waals surface area contributed by atoms with E-state index in [1.165, 1.54) is 33.0 Å². The van der Waals surface area contributed by atoms with E-state index in [4.69, 9.17) is 0 Å². The molecular weight excluding hydrogens is 476 g/mol. The Morgan fingerprint density at radius 1 is 0.564 bits per heavy atom. The number of aryl methyl sites for hydroxylation is 1. The largest absolute Gasteiger partial charge is 0.508 e. The number of hydrogen-bond donors (Lipinski definition) is 2. The highest BCUT2D eigenvalue weighted by Gasteiger charge is 2.29. The summed E-state index contributed by atoms with van der Waals surface area (Å²) in [6.45, 7) is 13.2. The van der Waals surface area contributed by atoms with E-state index in [9.17, 15) is 10.2 Å². The number of rotatable bonds is 6. The summed E-state index contributed by atoms with van der Waals surface area (Å²) in [5.74, 6) is 0.683. The highest BCUT2D eigenvalue weighted by Crippen LogP contribution is 2.42. The molecule has 0 aliphatic rings. The molecular formula is C37H38O2. The number of benzene rings is 5. The Morgan fingerprint density at radius 3 is 1.85 bits per heavy atom. The first-order valence-electron chi connectivity index (χ1n) is 13.7. The molecule has 0 heterocycles. The number of aromatic hydroxyl groups is 2. The van der Waals surface area contributed by atoms with Crippen LogP contribution in [0.3, 0.4) is 0 Å². The van der Waals surface area contributed by atoms with E-state index in [2.05, 4.69) is 113 Å². The molecule has 2 heteroatoms. The van der Waals surface area contributed by atoms with Crippen LogP contribution in [0.5, 0.6) is 11.5 Å². The van der Waals surface area contributed by atoms with Crippen molar-refractivity contribution in [3.05, 3.63) is 142 Å². The molecule has 0 bridgehead atoms. The number of hydrogen-bond acceptors (Lipinski definition) is 2. The second-order valence-corrected chi connectivity index (χ2v) is 11.9. The van der Waals surface area contributed by atoms with Crippen LogP contribution in [0.25, 0.3) is 10.8 Å². The van der Waals surface area contributed by atoms with Gasteiger partial charge in [0.15, 0.2) is 0 Å². The van der Waals surface area contributed by atoms with Crippen LogP contribution in [-0.4, -0.2) is 10.2 Å². The van der Waals surface area contributed by atoms with Crippen molar-refractivity contribution in [2.45, 2.75) is 58.3 Å². The highest BCUT2D eigenvalue weighted by atomic mass is 16.3. The van der Waals surface area contributed by atoms with Crippen molar-refractivity contribution in [3.8, 4) is 11.5 Å². The van der Waals surface area contributed by atoms with Gasteiger partial charge in [0, 0.05) is 22.3 Å². The van der Waals surface area contributed by atoms with Crippen LogP contribution in [0.2, 0.25) is 0 Å². The summed E-state index contributed by atoms with van der Waals surface area (Å²) in [5.41, 5.74) is 7.33. The Kier molecular flexibility index (Phi) is 6.76. The first-order chi connectivity index (χ1) is 18.5. The molecule has 0 radical (unpaired) electrons. The second kappa shape index (κ2) is 9.93. The molecule has 198 valence electrons. The van der Waals surface area contributed by atoms with Crippen molar-refractivity contribution in [1.29, 1.82) is 0 Å². The Hall–Kier alpha value is -4.04. The zero-order valence-corrected chi connectivity index (χ0v) is 23.8. The van der Waals surface area contributed by atoms with Crippen molar-refractivity contribution >= 4 is 10.8 Å². The zero-order valence-electron chi connectivity index (χ0n) is 23.8. The van der Waals surface area contributed by atoms with Gasteiger partial charge in [-0.3, -0.25) is 0 Å². The molecule has 5 aromatic carbocycles. The zero-order chi connectivity index (χ0) is 27.9. The van der Waals surface area contributed by atoms with Gasteiger partial charge in [0.05, 0.1) is 0 Å². The summed E-state index contributed by atoms with van der Waals surface area (Å²) in [6, 6.07) is 35.5. The van der Waals surface area contributed by atoms with E-state index in [0.717, 1.165) is 16.7 Å². The van der Waals surface area contributed by atoms with Gasteiger partial charge in [0.2, 0.25) is 0 Å². The van der Waals surface area contributed by atoms with Crippen molar-refractivity contribution in [1.82, 2.24) is 0 Å². The summed E-state index contributed by atoms with van der Waals surface area (Å²) < 4.78 is 0. The minimum Gasteiger partial charge on any atom is -0.508 e. The number of fused-ring (bicyclic) bond motifs is 1. The topological polar surface area (TPSA) is 40.5 Å². The maximum Gasteiger partial charge on any atom is 0.122 e. The molecule has 0 aromatic heterocycles. The third-order valence-corrected chi connectivity index (χ3v) is 8.70. The summed E-state index contributed by atoms with van der Waals surface area (Å²) >= 11 is 0. The van der Waals surface area contributed by atoms with Gasteiger partial charge < -0.3 is 10.2 Å². The lowest BCUT2D eigenvalue weighted by molar-refractivity contribution is 0.460. The molecule has 1 unspecified atom stereocenters. The SMILES string of the molecule is Cc1cc(C(C)(C)c2cccc(C(C)(C)c3ccc(O)cc3)c2)cc(C(C)c2cccc3ccccc23)c1O. The lowest BCUT2D eigenvalue weighted by Crippen LogP contribution is -2.23. The first-order valence-corrected chi connectivity index (χ1v) is 13.7. The molecule has 0 aliphatic carbocycles. The maximum absolute atomic E-state index is 11.2. The van der Waals surface area contributed by atoms with E-state index in [1.807, 2.05) is 19.1 Å². The molecule has 0 spiro atoms. The van der Waals surface area contributed by atoms with E-state index in [0.29, 0.717) is 5.75 Å². The van der Waals surface area contributed by atoms with Gasteiger partial charge in [0.1, 0.15) is 11.5 Å². The van der Waals surface area contributed by atoms with Gasteiger partial charge in [0.25, 0.3) is 0 Å². The van der Waals surface area contributed by atoms with Crippen molar-refractivity contribution < 1.29 is 10.2 Å². The average molecular weight is 515 g/mol. The summed E-state index contributed by atoms with van der Waals surface area (Å²) in [6.07, 6.45) is 0. The first kappa shape index (κ1) is 26.6. The van der Waals surface area contributed by atoms with Crippen LogP contribution in [0.1, 0.15) is 79.5 Å². The molecule has 1 atom stereocenters. The van der Waals surface area contributed by atoms with Gasteiger partial charge in [-0.15, -0.1) is 0 Å². The molecule has 0 aliphatic heterocycles. The molecule has 0 saturated carbocycles. The standard InChI is InChI=1S/C37H38O2/c1-24-21-30(23-34(35(24)39)25(2)32-16-9-12-26-11-7-8-15-33(26)32)37(5,6)29-14-10-13-28(22-29)36(3,4)27-17-19-31(38)20-18-27/h7-23,25,38-39H,1-6H3. The van der Waals surface area contributed by atoms with Gasteiger partial charge in [-0.25, -0.2) is 0 Å². The lowest BCUT2D eigenvalue weighted by Gasteiger charge is -2.32. The van der Waals surface area contributed by atoms with E-state index in [1.54, 1.807) is 12.1 Å². The molecule has 5 aromatic rings. The minimum absolute atomic E-state index is 0.0327. The molecule has 5 rings (SSSR count). The van der Waals surface area contributed by atoms with Crippen LogP contribution in [-0.2, 0) is 10.8 Å². The maximum atomic E-state index is 11.2. The minimum atomic E-state index is -0.285. The third-order valence-electron chi connectivity index (χ3n) is 8.70. The molecule has 39 heavy (non-hydrogen) atoms. The lowest BCUT2D eigenvalue weighted by atomic mass is 9.72. The third kappa shape index (κ3) is 4.81. The fraction of sp³-hybridized carbons (Fsp3) is 0.243. The van der Waals surface area contributed by atoms with E-state index >= 15 is 0 Å². The summed E-state index contributed by atoms with van der Waals surface area (Å²) in [7, 11) is 0. The predicted octanol–water partition coefficient (Wildman–Crippen LogP) is 9.36. The quantitative estimate of drug-likeness (QED) is 0.237. The van der Waals surface area contributed by atoms with Crippen molar-refractivity contribution in [2.75, 3.05) is 0 Å². The smallest absolute Gasteiger partial charge is 0.122 e. The average Bonchev–Trinajstić information content (AvgIpc) is 2.94. The van der Waals surface area contributed by atoms with Gasteiger partial charge in [-0.05, 0) is 63.2 Å². The van der Waals surface area contributed by atoms with Gasteiger partial charge in [-0.2, -0.15) is 0 Å². The second-order valence-electron chi connectivity index (χ2n) is 11.9. The van der Waals surface area contributed by atoms with Crippen LogP contribution in [0, 0.1) is 6.92 Å². The Bertz CT molecular complexity index is 1640. The molecule has 2 nitrogen and oxygen atoms in total. The van der Waals surface area contributed by atoms with E-state index < -0.39 is 0 Å². The summed E-state index contributed by atoms with van der Waals surface area (Å²) in [5, 5.41) is 23.5. The molecule has 0 saturated heterocycles. The fourth-order valence-corrected chi connectivity index (χ4v) is 5.80. The van der Waals surface area contributed by atoms with Crippen LogP contribution in [0.4, 0.5) is 0 Å². The molecule has 2 N–H and O–H groups in total. The summed E-state index contributed by atoms with van der Waals surface area (Å²) in [4.78, 5) is 0. The Labute approximate surface area is 232 Å². The van der Waals surface area contributed by atoms with E-state index in [-0.39, 0.29) is 22.5 Å². The fourth-order valence-electron chi connectivity index (χ4n) is 5.80. The van der Waals surface area contributed by atoms with Crippen molar-refractivity contribution in [3.63, 3.8) is 0 Å². The van der Waals surface area contributed by atoms with Crippen molar-refractivity contribution in [2.24, 2.45) is 0 Å². The van der Waals surface area contributed by atoms with Gasteiger partial charge in [-0.1, -0.05) is 126 Å². The predicted molar refractivity (Wildman–Crippen MR) is 163 cm³/mol. The highest BCUT2D eigenvalue weighted by molar-refractivity contribution is 5.86. The van der Waals surface area contributed by atoms with Crippen LogP contribution in [0.15, 0.2) is 103 Å². The number of phenolic OH excluding ortho intramolecular Hbond substituents is 2. The molecule has 0 amide bonds. The normalized spacial score (nSPS) is 13.0. The molecule has 0 fully saturated rings. The Morgan fingerprint density at radius 2 is 1.15 bits per heavy atom. The van der Waals surface area contributed by atoms with Crippen LogP contribution < -0.4 is 0 Å². The number of phenols is 2. The monoisotopic (exact) mass is 514 g/mol. The van der Waals surface area contributed by atoms with Crippen LogP contribution >= 0.6 is 0 Å². The Balaban J connectivity index is 1.57. The van der Waals surface area contributed by atoms with Gasteiger partial charge >= 0.3 is 0 Å².